The Kier molecular flexibility index (Phi) is 6.78. The molecule has 3 N–H and O–H groups in total. The molecule has 0 saturated heterocycles. The summed E-state index contributed by atoms with van der Waals surface area (Å²) in [5.74, 6) is 0.0743. The monoisotopic (exact) mass is 354 g/mol. The van der Waals surface area contributed by atoms with Gasteiger partial charge in [0.05, 0.1) is 6.04 Å². The van der Waals surface area contributed by atoms with Crippen molar-refractivity contribution >= 4 is 11.8 Å². The first kappa shape index (κ1) is 19.5. The van der Waals surface area contributed by atoms with Crippen LogP contribution in [0.5, 0.6) is 5.75 Å². The number of primary amides is 1. The van der Waals surface area contributed by atoms with Crippen molar-refractivity contribution in [1.29, 1.82) is 0 Å². The maximum atomic E-state index is 12.3. The topological polar surface area (TPSA) is 81.4 Å². The molecule has 2 aromatic rings. The number of aryl methyl sites for hydroxylation is 1. The van der Waals surface area contributed by atoms with Crippen molar-refractivity contribution in [3.8, 4) is 5.75 Å². The lowest BCUT2D eigenvalue weighted by Gasteiger charge is -2.23. The van der Waals surface area contributed by atoms with Gasteiger partial charge in [-0.15, -0.1) is 0 Å². The molecule has 138 valence electrons. The van der Waals surface area contributed by atoms with E-state index in [4.69, 9.17) is 10.5 Å². The van der Waals surface area contributed by atoms with E-state index < -0.39 is 5.91 Å². The van der Waals surface area contributed by atoms with Gasteiger partial charge in [0.2, 0.25) is 5.91 Å². The van der Waals surface area contributed by atoms with Gasteiger partial charge in [-0.2, -0.15) is 0 Å². The van der Waals surface area contributed by atoms with Crippen LogP contribution in [0.2, 0.25) is 0 Å². The molecule has 0 radical (unpaired) electrons. The van der Waals surface area contributed by atoms with Crippen molar-refractivity contribution in [2.75, 3.05) is 6.61 Å². The van der Waals surface area contributed by atoms with Crippen molar-refractivity contribution in [2.45, 2.75) is 33.2 Å². The smallest absolute Gasteiger partial charge is 0.258 e. The summed E-state index contributed by atoms with van der Waals surface area (Å²) in [4.78, 5) is 23.3. The van der Waals surface area contributed by atoms with E-state index in [-0.39, 0.29) is 24.5 Å². The van der Waals surface area contributed by atoms with E-state index in [1.54, 1.807) is 24.3 Å². The Morgan fingerprint density at radius 3 is 2.15 bits per heavy atom. The highest BCUT2D eigenvalue weighted by molar-refractivity contribution is 5.92. The Morgan fingerprint density at radius 2 is 1.65 bits per heavy atom. The summed E-state index contributed by atoms with van der Waals surface area (Å²) < 4.78 is 5.49. The summed E-state index contributed by atoms with van der Waals surface area (Å²) in [5.41, 5.74) is 7.95. The average molecular weight is 354 g/mol. The molecular weight excluding hydrogens is 328 g/mol. The third-order valence-electron chi connectivity index (χ3n) is 4.24. The van der Waals surface area contributed by atoms with Crippen LogP contribution in [-0.2, 0) is 11.2 Å². The minimum atomic E-state index is -0.497. The van der Waals surface area contributed by atoms with Gasteiger partial charge in [-0.3, -0.25) is 9.59 Å². The van der Waals surface area contributed by atoms with Gasteiger partial charge in [0.25, 0.3) is 5.91 Å². The maximum absolute atomic E-state index is 12.3. The van der Waals surface area contributed by atoms with Gasteiger partial charge in [-0.25, -0.2) is 0 Å². The van der Waals surface area contributed by atoms with E-state index >= 15 is 0 Å². The normalized spacial score (nSPS) is 11.8. The van der Waals surface area contributed by atoms with Gasteiger partial charge in [-0.1, -0.05) is 45.0 Å². The highest BCUT2D eigenvalue weighted by Crippen LogP contribution is 2.22. The van der Waals surface area contributed by atoms with Gasteiger partial charge in [0.1, 0.15) is 5.75 Å². The molecule has 0 saturated carbocycles. The van der Waals surface area contributed by atoms with E-state index in [1.807, 2.05) is 0 Å². The Bertz CT molecular complexity index is 737. The second-order valence-electron chi connectivity index (χ2n) is 6.56. The number of amides is 2. The molecule has 2 rings (SSSR count). The lowest BCUT2D eigenvalue weighted by atomic mass is 9.95. The number of benzene rings is 2. The third kappa shape index (κ3) is 5.34. The first-order chi connectivity index (χ1) is 12.4. The largest absolute Gasteiger partial charge is 0.484 e. The zero-order valence-electron chi connectivity index (χ0n) is 15.5. The predicted molar refractivity (Wildman–Crippen MR) is 102 cm³/mol. The number of nitrogens with one attached hydrogen (secondary N) is 1. The fourth-order valence-corrected chi connectivity index (χ4v) is 2.67. The number of nitrogens with two attached hydrogens (primary N) is 1. The van der Waals surface area contributed by atoms with Crippen LogP contribution in [0.25, 0.3) is 0 Å². The van der Waals surface area contributed by atoms with Gasteiger partial charge in [0.15, 0.2) is 6.61 Å². The molecule has 0 unspecified atom stereocenters. The lowest BCUT2D eigenvalue weighted by Crippen LogP contribution is -2.35. The van der Waals surface area contributed by atoms with Gasteiger partial charge < -0.3 is 15.8 Å². The second kappa shape index (κ2) is 9.04. The van der Waals surface area contributed by atoms with Crippen LogP contribution in [-0.4, -0.2) is 18.4 Å². The van der Waals surface area contributed by atoms with Crippen LogP contribution < -0.4 is 15.8 Å². The highest BCUT2D eigenvalue weighted by Gasteiger charge is 2.18. The molecule has 1 atom stereocenters. The summed E-state index contributed by atoms with van der Waals surface area (Å²) in [6.45, 7) is 6.17. The van der Waals surface area contributed by atoms with Gasteiger partial charge in [0, 0.05) is 5.56 Å². The summed E-state index contributed by atoms with van der Waals surface area (Å²) >= 11 is 0. The van der Waals surface area contributed by atoms with Crippen LogP contribution in [0.4, 0.5) is 0 Å². The zero-order valence-corrected chi connectivity index (χ0v) is 15.5. The molecule has 0 heterocycles. The molecule has 0 aromatic heterocycles. The summed E-state index contributed by atoms with van der Waals surface area (Å²) in [6.07, 6.45) is 0.987. The Morgan fingerprint density at radius 1 is 1.04 bits per heavy atom. The molecule has 0 bridgehead atoms. The number of hydrogen-bond donors (Lipinski definition) is 2. The lowest BCUT2D eigenvalue weighted by molar-refractivity contribution is -0.124. The highest BCUT2D eigenvalue weighted by atomic mass is 16.5. The van der Waals surface area contributed by atoms with Crippen LogP contribution in [0, 0.1) is 5.92 Å². The molecule has 0 spiro atoms. The first-order valence-corrected chi connectivity index (χ1v) is 8.81. The minimum absolute atomic E-state index is 0.0748. The van der Waals surface area contributed by atoms with E-state index in [0.29, 0.717) is 11.3 Å². The van der Waals surface area contributed by atoms with Crippen molar-refractivity contribution in [3.63, 3.8) is 0 Å². The average Bonchev–Trinajstić information content (AvgIpc) is 2.64. The van der Waals surface area contributed by atoms with Gasteiger partial charge in [-0.05, 0) is 47.7 Å². The summed E-state index contributed by atoms with van der Waals surface area (Å²) in [5, 5.41) is 3.03. The number of carbonyl (C=O) groups excluding carboxylic acids is 2. The summed E-state index contributed by atoms with van der Waals surface area (Å²) in [6, 6.07) is 14.6. The molecule has 0 fully saturated rings. The fourth-order valence-electron chi connectivity index (χ4n) is 2.67. The van der Waals surface area contributed by atoms with Crippen LogP contribution in [0.1, 0.15) is 48.3 Å². The van der Waals surface area contributed by atoms with E-state index in [0.717, 1.165) is 12.0 Å². The minimum Gasteiger partial charge on any atom is -0.484 e. The second-order valence-corrected chi connectivity index (χ2v) is 6.56. The van der Waals surface area contributed by atoms with Crippen molar-refractivity contribution < 1.29 is 14.3 Å². The Balaban J connectivity index is 1.95. The Hall–Kier alpha value is -2.82. The molecule has 5 heteroatoms. The Labute approximate surface area is 154 Å². The number of ether oxygens (including phenoxy) is 1. The van der Waals surface area contributed by atoms with Crippen LogP contribution in [0.15, 0.2) is 48.5 Å². The standard InChI is InChI=1S/C21H26N2O3/c1-4-15-5-7-16(8-6-15)20(14(2)3)23-19(24)13-26-18-11-9-17(10-12-18)21(22)25/h5-12,14,20H,4,13H2,1-3H3,(H2,22,25)(H,23,24)/t20-/m1/s1. The number of carbonyl (C=O) groups is 2. The van der Waals surface area contributed by atoms with Crippen LogP contribution in [0.3, 0.4) is 0 Å². The number of rotatable bonds is 8. The third-order valence-corrected chi connectivity index (χ3v) is 4.24. The zero-order chi connectivity index (χ0) is 19.1. The van der Waals surface area contributed by atoms with Crippen molar-refractivity contribution in [2.24, 2.45) is 11.7 Å². The molecule has 2 aromatic carbocycles. The quantitative estimate of drug-likeness (QED) is 0.763. The molecule has 5 nitrogen and oxygen atoms in total. The molecule has 0 aliphatic carbocycles. The maximum Gasteiger partial charge on any atom is 0.258 e. The molecule has 26 heavy (non-hydrogen) atoms. The molecule has 2 amide bonds. The predicted octanol–water partition coefficient (Wildman–Crippen LogP) is 3.24. The molecule has 0 aliphatic heterocycles. The summed E-state index contributed by atoms with van der Waals surface area (Å²) in [7, 11) is 0. The van der Waals surface area contributed by atoms with E-state index in [2.05, 4.69) is 50.4 Å². The van der Waals surface area contributed by atoms with Gasteiger partial charge >= 0.3 is 0 Å². The van der Waals surface area contributed by atoms with Crippen LogP contribution >= 0.6 is 0 Å². The first-order valence-electron chi connectivity index (χ1n) is 8.81. The van der Waals surface area contributed by atoms with E-state index in [1.165, 1.54) is 5.56 Å². The van der Waals surface area contributed by atoms with E-state index in [9.17, 15) is 9.59 Å². The fraction of sp³-hybridized carbons (Fsp3) is 0.333. The van der Waals surface area contributed by atoms with Crippen molar-refractivity contribution in [1.82, 2.24) is 5.32 Å². The van der Waals surface area contributed by atoms with Crippen molar-refractivity contribution in [3.05, 3.63) is 65.2 Å². The number of hydrogen-bond acceptors (Lipinski definition) is 3. The molecule has 0 aliphatic rings. The SMILES string of the molecule is CCc1ccc([C@H](NC(=O)COc2ccc(C(N)=O)cc2)C(C)C)cc1. The molecular formula is C21H26N2O3.